The van der Waals surface area contributed by atoms with E-state index in [2.05, 4.69) is 9.30 Å². The lowest BCUT2D eigenvalue weighted by atomic mass is 10.2. The average molecular weight is 284 g/mol. The molecule has 0 spiro atoms. The normalized spacial score (nSPS) is 12.7. The summed E-state index contributed by atoms with van der Waals surface area (Å²) in [6.07, 6.45) is 4.50. The van der Waals surface area contributed by atoms with Crippen molar-refractivity contribution in [3.05, 3.63) is 54.2 Å². The molecule has 0 aromatic carbocycles. The maximum absolute atomic E-state index is 6.00. The summed E-state index contributed by atoms with van der Waals surface area (Å²) < 4.78 is 7.53. The lowest BCUT2D eigenvalue weighted by Crippen LogP contribution is -2.23. The summed E-state index contributed by atoms with van der Waals surface area (Å²) in [7, 11) is 2.02. The lowest BCUT2D eigenvalue weighted by Gasteiger charge is -2.18. The molecule has 5 heteroatoms. The number of anilines is 1. The minimum atomic E-state index is 0.0841. The van der Waals surface area contributed by atoms with Crippen LogP contribution in [-0.4, -0.2) is 22.5 Å². The van der Waals surface area contributed by atoms with Crippen LogP contribution in [0.5, 0.6) is 0 Å². The van der Waals surface area contributed by atoms with Crippen molar-refractivity contribution in [1.29, 1.82) is 0 Å². The summed E-state index contributed by atoms with van der Waals surface area (Å²) in [6.45, 7) is 2.70. The summed E-state index contributed by atoms with van der Waals surface area (Å²) >= 11 is 0. The number of rotatable bonds is 5. The van der Waals surface area contributed by atoms with E-state index < -0.39 is 0 Å². The van der Waals surface area contributed by atoms with Gasteiger partial charge in [-0.1, -0.05) is 6.07 Å². The highest BCUT2D eigenvalue weighted by Crippen LogP contribution is 2.23. The van der Waals surface area contributed by atoms with Gasteiger partial charge in [-0.15, -0.1) is 0 Å². The van der Waals surface area contributed by atoms with Crippen LogP contribution in [0.3, 0.4) is 0 Å². The van der Waals surface area contributed by atoms with Crippen LogP contribution in [0.4, 0.5) is 5.82 Å². The van der Waals surface area contributed by atoms with E-state index in [1.165, 1.54) is 0 Å². The van der Waals surface area contributed by atoms with Crippen LogP contribution in [-0.2, 0) is 13.0 Å². The molecular weight excluding hydrogens is 264 g/mol. The average Bonchev–Trinajstić information content (AvgIpc) is 3.07. The molecule has 3 aromatic rings. The van der Waals surface area contributed by atoms with Crippen LogP contribution in [0.25, 0.3) is 5.65 Å². The predicted octanol–water partition coefficient (Wildman–Crippen LogP) is 2.45. The van der Waals surface area contributed by atoms with Gasteiger partial charge in [0, 0.05) is 25.7 Å². The fourth-order valence-electron chi connectivity index (χ4n) is 2.55. The van der Waals surface area contributed by atoms with E-state index >= 15 is 0 Å². The molecule has 3 rings (SSSR count). The molecule has 0 radical (unpaired) electrons. The van der Waals surface area contributed by atoms with Gasteiger partial charge in [0.1, 0.15) is 11.4 Å². The highest BCUT2D eigenvalue weighted by molar-refractivity contribution is 5.55. The number of hydrogen-bond donors (Lipinski definition) is 1. The lowest BCUT2D eigenvalue weighted by molar-refractivity contribution is 0.506. The zero-order valence-corrected chi connectivity index (χ0v) is 12.4. The number of nitrogens with zero attached hydrogens (tertiary/aromatic N) is 3. The second kappa shape index (κ2) is 5.61. The van der Waals surface area contributed by atoms with E-state index in [0.717, 1.165) is 29.3 Å². The summed E-state index contributed by atoms with van der Waals surface area (Å²) in [5, 5.41) is 0. The third-order valence-corrected chi connectivity index (χ3v) is 3.46. The Kier molecular flexibility index (Phi) is 3.66. The van der Waals surface area contributed by atoms with Crippen molar-refractivity contribution >= 4 is 11.5 Å². The SMILES string of the molecule is CC(N)Cc1c(N(C)Cc2ccco2)nc2ccccn12. The van der Waals surface area contributed by atoms with Crippen LogP contribution < -0.4 is 10.6 Å². The summed E-state index contributed by atoms with van der Waals surface area (Å²) in [4.78, 5) is 6.84. The van der Waals surface area contributed by atoms with Crippen molar-refractivity contribution < 1.29 is 4.42 Å². The van der Waals surface area contributed by atoms with Gasteiger partial charge in [-0.3, -0.25) is 0 Å². The first-order valence-electron chi connectivity index (χ1n) is 7.10. The highest BCUT2D eigenvalue weighted by Gasteiger charge is 2.17. The van der Waals surface area contributed by atoms with Crippen molar-refractivity contribution in [2.24, 2.45) is 5.73 Å². The molecule has 0 saturated carbocycles. The molecule has 0 saturated heterocycles. The van der Waals surface area contributed by atoms with Crippen LogP contribution in [0, 0.1) is 0 Å². The predicted molar refractivity (Wildman–Crippen MR) is 83.4 cm³/mol. The molecule has 0 aliphatic heterocycles. The van der Waals surface area contributed by atoms with Gasteiger partial charge >= 0.3 is 0 Å². The second-order valence-electron chi connectivity index (χ2n) is 5.43. The monoisotopic (exact) mass is 284 g/mol. The Morgan fingerprint density at radius 3 is 2.90 bits per heavy atom. The van der Waals surface area contributed by atoms with E-state index in [9.17, 15) is 0 Å². The molecular formula is C16H20N4O. The Balaban J connectivity index is 1.99. The number of fused-ring (bicyclic) bond motifs is 1. The maximum Gasteiger partial charge on any atom is 0.151 e. The third-order valence-electron chi connectivity index (χ3n) is 3.46. The first-order valence-corrected chi connectivity index (χ1v) is 7.10. The Bertz CT molecular complexity index is 715. The number of nitrogens with two attached hydrogens (primary N) is 1. The Labute approximate surface area is 124 Å². The van der Waals surface area contributed by atoms with Gasteiger partial charge in [0.25, 0.3) is 0 Å². The van der Waals surface area contributed by atoms with Crippen molar-refractivity contribution in [2.75, 3.05) is 11.9 Å². The summed E-state index contributed by atoms with van der Waals surface area (Å²) in [6, 6.07) is 9.97. The number of hydrogen-bond acceptors (Lipinski definition) is 4. The van der Waals surface area contributed by atoms with Gasteiger partial charge in [-0.25, -0.2) is 4.98 Å². The molecule has 0 aliphatic carbocycles. The van der Waals surface area contributed by atoms with Crippen LogP contribution in [0.15, 0.2) is 47.2 Å². The van der Waals surface area contributed by atoms with Crippen molar-refractivity contribution in [3.8, 4) is 0 Å². The minimum absolute atomic E-state index is 0.0841. The Morgan fingerprint density at radius 1 is 1.33 bits per heavy atom. The minimum Gasteiger partial charge on any atom is -0.467 e. The largest absolute Gasteiger partial charge is 0.467 e. The molecule has 3 aromatic heterocycles. The maximum atomic E-state index is 6.00. The van der Waals surface area contributed by atoms with Crippen LogP contribution in [0.2, 0.25) is 0 Å². The fourth-order valence-corrected chi connectivity index (χ4v) is 2.55. The molecule has 1 unspecified atom stereocenters. The smallest absolute Gasteiger partial charge is 0.151 e. The summed E-state index contributed by atoms with van der Waals surface area (Å²) in [5.74, 6) is 1.87. The Hall–Kier alpha value is -2.27. The number of pyridine rings is 1. The molecule has 2 N–H and O–H groups in total. The zero-order chi connectivity index (χ0) is 14.8. The third kappa shape index (κ3) is 2.78. The molecule has 0 aliphatic rings. The molecule has 21 heavy (non-hydrogen) atoms. The van der Waals surface area contributed by atoms with Crippen LogP contribution in [0.1, 0.15) is 18.4 Å². The number of aromatic nitrogens is 2. The van der Waals surface area contributed by atoms with E-state index in [0.29, 0.717) is 6.54 Å². The first kappa shape index (κ1) is 13.7. The van der Waals surface area contributed by atoms with Crippen molar-refractivity contribution in [3.63, 3.8) is 0 Å². The van der Waals surface area contributed by atoms with E-state index in [1.807, 2.05) is 50.5 Å². The van der Waals surface area contributed by atoms with Gasteiger partial charge in [0.2, 0.25) is 0 Å². The van der Waals surface area contributed by atoms with Gasteiger partial charge in [-0.2, -0.15) is 0 Å². The van der Waals surface area contributed by atoms with E-state index in [4.69, 9.17) is 15.1 Å². The van der Waals surface area contributed by atoms with Crippen LogP contribution >= 0.6 is 0 Å². The molecule has 0 fully saturated rings. The number of imidazole rings is 1. The first-order chi connectivity index (χ1) is 10.1. The van der Waals surface area contributed by atoms with Crippen molar-refractivity contribution in [1.82, 2.24) is 9.38 Å². The molecule has 1 atom stereocenters. The molecule has 0 amide bonds. The van der Waals surface area contributed by atoms with Gasteiger partial charge in [-0.05, 0) is 31.2 Å². The quantitative estimate of drug-likeness (QED) is 0.782. The zero-order valence-electron chi connectivity index (χ0n) is 12.4. The standard InChI is InChI=1S/C16H20N4O/c1-12(17)10-14-16(18-15-7-3-4-8-20(14)15)19(2)11-13-6-5-9-21-13/h3-9,12H,10-11,17H2,1-2H3. The van der Waals surface area contributed by atoms with Crippen molar-refractivity contribution in [2.45, 2.75) is 25.9 Å². The topological polar surface area (TPSA) is 59.7 Å². The van der Waals surface area contributed by atoms with E-state index in [-0.39, 0.29) is 6.04 Å². The molecule has 3 heterocycles. The summed E-state index contributed by atoms with van der Waals surface area (Å²) in [5.41, 5.74) is 8.07. The highest BCUT2D eigenvalue weighted by atomic mass is 16.3. The molecule has 110 valence electrons. The Morgan fingerprint density at radius 2 is 2.19 bits per heavy atom. The second-order valence-corrected chi connectivity index (χ2v) is 5.43. The van der Waals surface area contributed by atoms with Gasteiger partial charge in [0.05, 0.1) is 18.5 Å². The van der Waals surface area contributed by atoms with Gasteiger partial charge in [0.15, 0.2) is 5.82 Å². The van der Waals surface area contributed by atoms with E-state index in [1.54, 1.807) is 6.26 Å². The molecule has 5 nitrogen and oxygen atoms in total. The fraction of sp³-hybridized carbons (Fsp3) is 0.312. The van der Waals surface area contributed by atoms with Gasteiger partial charge < -0.3 is 19.5 Å². The number of furan rings is 1. The molecule has 0 bridgehead atoms.